The molecule has 0 aliphatic rings. The van der Waals surface area contributed by atoms with Crippen molar-refractivity contribution in [2.45, 2.75) is 19.4 Å². The highest BCUT2D eigenvalue weighted by molar-refractivity contribution is 5.33. The summed E-state index contributed by atoms with van der Waals surface area (Å²) in [6, 6.07) is 16.0. The Morgan fingerprint density at radius 1 is 0.947 bits per heavy atom. The predicted octanol–water partition coefficient (Wildman–Crippen LogP) is 3.27. The minimum atomic E-state index is -0.558. The van der Waals surface area contributed by atoms with Gasteiger partial charge in [-0.1, -0.05) is 54.1 Å². The molecule has 1 atom stereocenters. The van der Waals surface area contributed by atoms with Gasteiger partial charge in [-0.15, -0.1) is 0 Å². The van der Waals surface area contributed by atoms with Crippen molar-refractivity contribution in [2.24, 2.45) is 0 Å². The number of rotatable bonds is 5. The third kappa shape index (κ3) is 3.66. The lowest BCUT2D eigenvalue weighted by atomic mass is 9.99. The Morgan fingerprint density at radius 3 is 2.00 bits per heavy atom. The number of aliphatic hydroxyl groups is 1. The van der Waals surface area contributed by atoms with Crippen molar-refractivity contribution in [3.63, 3.8) is 0 Å². The van der Waals surface area contributed by atoms with E-state index in [1.54, 1.807) is 7.11 Å². The third-order valence-electron chi connectivity index (χ3n) is 3.28. The van der Waals surface area contributed by atoms with Crippen molar-refractivity contribution in [3.05, 3.63) is 70.8 Å². The zero-order valence-corrected chi connectivity index (χ0v) is 11.5. The van der Waals surface area contributed by atoms with Gasteiger partial charge < -0.3 is 9.84 Å². The molecule has 1 unspecified atom stereocenters. The monoisotopic (exact) mass is 256 g/mol. The molecule has 19 heavy (non-hydrogen) atoms. The number of aryl methyl sites for hydroxylation is 1. The minimum absolute atomic E-state index is 0.558. The molecular weight excluding hydrogens is 236 g/mol. The van der Waals surface area contributed by atoms with Crippen LogP contribution in [0.15, 0.2) is 48.5 Å². The van der Waals surface area contributed by atoms with Crippen LogP contribution in [-0.4, -0.2) is 18.8 Å². The highest BCUT2D eigenvalue weighted by atomic mass is 16.5. The van der Waals surface area contributed by atoms with E-state index in [1.807, 2.05) is 55.5 Å². The second-order valence-corrected chi connectivity index (χ2v) is 4.80. The maximum atomic E-state index is 10.3. The van der Waals surface area contributed by atoms with Gasteiger partial charge in [0.05, 0.1) is 6.61 Å². The SMILES string of the molecule is COCCc1ccc(C(O)c2ccc(C)cc2)cc1. The van der Waals surface area contributed by atoms with E-state index in [9.17, 15) is 5.11 Å². The van der Waals surface area contributed by atoms with Crippen LogP contribution in [0.1, 0.15) is 28.4 Å². The van der Waals surface area contributed by atoms with Crippen LogP contribution in [-0.2, 0) is 11.2 Å². The molecule has 0 heterocycles. The van der Waals surface area contributed by atoms with Gasteiger partial charge in [0.1, 0.15) is 6.10 Å². The van der Waals surface area contributed by atoms with E-state index >= 15 is 0 Å². The molecule has 1 N–H and O–H groups in total. The lowest BCUT2D eigenvalue weighted by Gasteiger charge is -2.12. The summed E-state index contributed by atoms with van der Waals surface area (Å²) in [5.41, 5.74) is 4.27. The molecular formula is C17H20O2. The standard InChI is InChI=1S/C17H20O2/c1-13-3-7-15(8-4-13)17(18)16-9-5-14(6-10-16)11-12-19-2/h3-10,17-18H,11-12H2,1-2H3. The van der Waals surface area contributed by atoms with E-state index in [1.165, 1.54) is 11.1 Å². The molecule has 0 amide bonds. The van der Waals surface area contributed by atoms with Crippen molar-refractivity contribution in [1.82, 2.24) is 0 Å². The second-order valence-electron chi connectivity index (χ2n) is 4.80. The van der Waals surface area contributed by atoms with E-state index in [4.69, 9.17) is 4.74 Å². The summed E-state index contributed by atoms with van der Waals surface area (Å²) in [7, 11) is 1.70. The van der Waals surface area contributed by atoms with Gasteiger partial charge in [-0.05, 0) is 30.0 Å². The molecule has 0 aliphatic heterocycles. The van der Waals surface area contributed by atoms with Crippen molar-refractivity contribution in [2.75, 3.05) is 13.7 Å². The molecule has 0 saturated heterocycles. The molecule has 0 fully saturated rings. The average Bonchev–Trinajstić information content (AvgIpc) is 2.46. The Balaban J connectivity index is 2.10. The fourth-order valence-electron chi connectivity index (χ4n) is 2.03. The number of benzene rings is 2. The van der Waals surface area contributed by atoms with Gasteiger partial charge >= 0.3 is 0 Å². The summed E-state index contributed by atoms with van der Waals surface area (Å²) >= 11 is 0. The molecule has 100 valence electrons. The topological polar surface area (TPSA) is 29.5 Å². The normalized spacial score (nSPS) is 12.4. The zero-order chi connectivity index (χ0) is 13.7. The maximum Gasteiger partial charge on any atom is 0.104 e. The number of aliphatic hydroxyl groups excluding tert-OH is 1. The Hall–Kier alpha value is -1.64. The van der Waals surface area contributed by atoms with E-state index in [-0.39, 0.29) is 0 Å². The Morgan fingerprint density at radius 2 is 1.47 bits per heavy atom. The Kier molecular flexibility index (Phi) is 4.72. The lowest BCUT2D eigenvalue weighted by Crippen LogP contribution is -2.00. The summed E-state index contributed by atoms with van der Waals surface area (Å²) in [5.74, 6) is 0. The first-order valence-corrected chi connectivity index (χ1v) is 6.53. The first-order chi connectivity index (χ1) is 9.20. The van der Waals surface area contributed by atoms with Crippen molar-refractivity contribution in [3.8, 4) is 0 Å². The number of hydrogen-bond donors (Lipinski definition) is 1. The van der Waals surface area contributed by atoms with Gasteiger partial charge in [0.15, 0.2) is 0 Å². The summed E-state index contributed by atoms with van der Waals surface area (Å²) in [6.07, 6.45) is 0.342. The lowest BCUT2D eigenvalue weighted by molar-refractivity contribution is 0.202. The van der Waals surface area contributed by atoms with E-state index in [2.05, 4.69) is 0 Å². The van der Waals surface area contributed by atoms with E-state index < -0.39 is 6.10 Å². The first kappa shape index (κ1) is 13.8. The van der Waals surface area contributed by atoms with Crippen molar-refractivity contribution in [1.29, 1.82) is 0 Å². The molecule has 0 spiro atoms. The largest absolute Gasteiger partial charge is 0.384 e. The molecule has 0 bridgehead atoms. The zero-order valence-electron chi connectivity index (χ0n) is 11.5. The maximum absolute atomic E-state index is 10.3. The smallest absolute Gasteiger partial charge is 0.104 e. The number of hydrogen-bond acceptors (Lipinski definition) is 2. The minimum Gasteiger partial charge on any atom is -0.384 e. The van der Waals surface area contributed by atoms with E-state index in [0.717, 1.165) is 24.2 Å². The average molecular weight is 256 g/mol. The van der Waals surface area contributed by atoms with Crippen LogP contribution in [0.5, 0.6) is 0 Å². The van der Waals surface area contributed by atoms with Gasteiger partial charge in [0, 0.05) is 7.11 Å². The van der Waals surface area contributed by atoms with E-state index in [0.29, 0.717) is 0 Å². The fourth-order valence-corrected chi connectivity index (χ4v) is 2.03. The summed E-state index contributed by atoms with van der Waals surface area (Å²) in [5, 5.41) is 10.3. The van der Waals surface area contributed by atoms with Crippen LogP contribution >= 0.6 is 0 Å². The molecule has 2 aromatic carbocycles. The highest BCUT2D eigenvalue weighted by Gasteiger charge is 2.09. The Bertz CT molecular complexity index is 500. The van der Waals surface area contributed by atoms with Crippen molar-refractivity contribution < 1.29 is 9.84 Å². The third-order valence-corrected chi connectivity index (χ3v) is 3.28. The van der Waals surface area contributed by atoms with Gasteiger partial charge in [0.25, 0.3) is 0 Å². The van der Waals surface area contributed by atoms with Crippen LogP contribution in [0.2, 0.25) is 0 Å². The molecule has 2 nitrogen and oxygen atoms in total. The van der Waals surface area contributed by atoms with Gasteiger partial charge in [-0.3, -0.25) is 0 Å². The summed E-state index contributed by atoms with van der Waals surface area (Å²) in [4.78, 5) is 0. The van der Waals surface area contributed by atoms with Crippen LogP contribution in [0, 0.1) is 6.92 Å². The molecule has 2 aromatic rings. The predicted molar refractivity (Wildman–Crippen MR) is 77.3 cm³/mol. The molecule has 0 aliphatic carbocycles. The van der Waals surface area contributed by atoms with Gasteiger partial charge in [0.2, 0.25) is 0 Å². The second kappa shape index (κ2) is 6.50. The van der Waals surface area contributed by atoms with Gasteiger partial charge in [-0.25, -0.2) is 0 Å². The van der Waals surface area contributed by atoms with Crippen molar-refractivity contribution >= 4 is 0 Å². The summed E-state index contributed by atoms with van der Waals surface area (Å²) < 4.78 is 5.05. The number of ether oxygens (including phenoxy) is 1. The van der Waals surface area contributed by atoms with Crippen LogP contribution in [0.25, 0.3) is 0 Å². The van der Waals surface area contributed by atoms with Crippen LogP contribution in [0.3, 0.4) is 0 Å². The van der Waals surface area contributed by atoms with Gasteiger partial charge in [-0.2, -0.15) is 0 Å². The molecule has 0 aromatic heterocycles. The molecule has 2 rings (SSSR count). The molecule has 0 radical (unpaired) electrons. The molecule has 0 saturated carbocycles. The quantitative estimate of drug-likeness (QED) is 0.889. The fraction of sp³-hybridized carbons (Fsp3) is 0.294. The van der Waals surface area contributed by atoms with Crippen LogP contribution in [0.4, 0.5) is 0 Å². The first-order valence-electron chi connectivity index (χ1n) is 6.53. The van der Waals surface area contributed by atoms with Crippen LogP contribution < -0.4 is 0 Å². The summed E-state index contributed by atoms with van der Waals surface area (Å²) in [6.45, 7) is 2.76. The highest BCUT2D eigenvalue weighted by Crippen LogP contribution is 2.22. The Labute approximate surface area is 114 Å². The molecule has 2 heteroatoms. The number of methoxy groups -OCH3 is 1.